The number of rotatable bonds is 4. The van der Waals surface area contributed by atoms with Crippen LogP contribution in [0.15, 0.2) is 42.5 Å². The molecule has 1 aliphatic carbocycles. The molecule has 1 aliphatic rings. The summed E-state index contributed by atoms with van der Waals surface area (Å²) in [5.74, 6) is 0.348. The highest BCUT2D eigenvalue weighted by atomic mass is 35.5. The Balaban J connectivity index is 1.97. The third kappa shape index (κ3) is 3.30. The largest absolute Gasteiger partial charge is 0.330 e. The number of hydrogen-bond donors (Lipinski definition) is 1. The minimum absolute atomic E-state index is 0.348. The summed E-state index contributed by atoms with van der Waals surface area (Å²) in [5, 5.41) is 0.799. The van der Waals surface area contributed by atoms with E-state index in [-0.39, 0.29) is 0 Å². The van der Waals surface area contributed by atoms with E-state index < -0.39 is 0 Å². The van der Waals surface area contributed by atoms with Gasteiger partial charge in [-0.3, -0.25) is 0 Å². The van der Waals surface area contributed by atoms with Crippen molar-refractivity contribution in [1.29, 1.82) is 0 Å². The number of fused-ring (bicyclic) bond motifs is 1. The summed E-state index contributed by atoms with van der Waals surface area (Å²) in [6, 6.07) is 15.2. The van der Waals surface area contributed by atoms with Crippen molar-refractivity contribution in [3.8, 4) is 0 Å². The van der Waals surface area contributed by atoms with E-state index in [1.165, 1.54) is 47.9 Å². The molecule has 0 spiro atoms. The van der Waals surface area contributed by atoms with Crippen LogP contribution in [-0.2, 0) is 12.8 Å². The van der Waals surface area contributed by atoms with Crippen LogP contribution < -0.4 is 5.73 Å². The summed E-state index contributed by atoms with van der Waals surface area (Å²) in [4.78, 5) is 0. The summed E-state index contributed by atoms with van der Waals surface area (Å²) in [7, 11) is 0. The van der Waals surface area contributed by atoms with Gasteiger partial charge in [-0.2, -0.15) is 0 Å². The topological polar surface area (TPSA) is 26.0 Å². The molecule has 2 N–H and O–H groups in total. The SMILES string of the molecule is NCCC(c1cccc(Cl)c1)c1ccc2c(c1)CCCC2. The molecule has 110 valence electrons. The number of hydrogen-bond acceptors (Lipinski definition) is 1. The summed E-state index contributed by atoms with van der Waals surface area (Å²) in [5.41, 5.74) is 11.6. The van der Waals surface area contributed by atoms with Crippen LogP contribution in [0.4, 0.5) is 0 Å². The Hall–Kier alpha value is -1.31. The first-order valence-corrected chi connectivity index (χ1v) is 8.23. The Morgan fingerprint density at radius 3 is 2.48 bits per heavy atom. The Morgan fingerprint density at radius 1 is 0.952 bits per heavy atom. The van der Waals surface area contributed by atoms with Gasteiger partial charge in [0, 0.05) is 10.9 Å². The molecular formula is C19H22ClN. The minimum Gasteiger partial charge on any atom is -0.330 e. The van der Waals surface area contributed by atoms with E-state index in [0.29, 0.717) is 12.5 Å². The van der Waals surface area contributed by atoms with E-state index in [1.807, 2.05) is 12.1 Å². The molecule has 21 heavy (non-hydrogen) atoms. The molecule has 1 nitrogen and oxygen atoms in total. The fraction of sp³-hybridized carbons (Fsp3) is 0.368. The lowest BCUT2D eigenvalue weighted by Gasteiger charge is -2.22. The van der Waals surface area contributed by atoms with Crippen molar-refractivity contribution in [2.75, 3.05) is 6.54 Å². The number of aryl methyl sites for hydroxylation is 2. The molecule has 0 heterocycles. The third-order valence-electron chi connectivity index (χ3n) is 4.48. The van der Waals surface area contributed by atoms with Crippen LogP contribution in [0.25, 0.3) is 0 Å². The lowest BCUT2D eigenvalue weighted by atomic mass is 9.84. The summed E-state index contributed by atoms with van der Waals surface area (Å²) >= 11 is 6.16. The highest BCUT2D eigenvalue weighted by Gasteiger charge is 2.17. The zero-order valence-electron chi connectivity index (χ0n) is 12.3. The van der Waals surface area contributed by atoms with Crippen LogP contribution in [0.1, 0.15) is 47.4 Å². The second-order valence-corrected chi connectivity index (χ2v) is 6.36. The van der Waals surface area contributed by atoms with Gasteiger partial charge in [0.15, 0.2) is 0 Å². The molecule has 0 aliphatic heterocycles. The van der Waals surface area contributed by atoms with Gasteiger partial charge in [-0.05, 0) is 73.0 Å². The Labute approximate surface area is 132 Å². The van der Waals surface area contributed by atoms with E-state index in [0.717, 1.165) is 11.4 Å². The van der Waals surface area contributed by atoms with Gasteiger partial charge in [0.25, 0.3) is 0 Å². The highest BCUT2D eigenvalue weighted by molar-refractivity contribution is 6.30. The van der Waals surface area contributed by atoms with Crippen LogP contribution in [0.5, 0.6) is 0 Å². The predicted molar refractivity (Wildman–Crippen MR) is 90.1 cm³/mol. The van der Waals surface area contributed by atoms with E-state index in [4.69, 9.17) is 17.3 Å². The van der Waals surface area contributed by atoms with Crippen molar-refractivity contribution in [2.45, 2.75) is 38.0 Å². The molecular weight excluding hydrogens is 278 g/mol. The molecule has 0 amide bonds. The van der Waals surface area contributed by atoms with Crippen LogP contribution in [0, 0.1) is 0 Å². The monoisotopic (exact) mass is 299 g/mol. The Bertz CT molecular complexity index is 621. The lowest BCUT2D eigenvalue weighted by Crippen LogP contribution is -2.11. The van der Waals surface area contributed by atoms with E-state index in [9.17, 15) is 0 Å². The average Bonchev–Trinajstić information content (AvgIpc) is 2.52. The summed E-state index contributed by atoms with van der Waals surface area (Å²) in [6.07, 6.45) is 6.05. The second kappa shape index (κ2) is 6.64. The third-order valence-corrected chi connectivity index (χ3v) is 4.72. The van der Waals surface area contributed by atoms with Crippen molar-refractivity contribution >= 4 is 11.6 Å². The zero-order valence-corrected chi connectivity index (χ0v) is 13.1. The first-order chi connectivity index (χ1) is 10.3. The summed E-state index contributed by atoms with van der Waals surface area (Å²) < 4.78 is 0. The van der Waals surface area contributed by atoms with Gasteiger partial charge in [-0.15, -0.1) is 0 Å². The maximum atomic E-state index is 6.16. The van der Waals surface area contributed by atoms with Crippen LogP contribution in [0.2, 0.25) is 5.02 Å². The second-order valence-electron chi connectivity index (χ2n) is 5.92. The van der Waals surface area contributed by atoms with Crippen LogP contribution in [-0.4, -0.2) is 6.54 Å². The van der Waals surface area contributed by atoms with Crippen LogP contribution >= 0.6 is 11.6 Å². The molecule has 3 rings (SSSR count). The average molecular weight is 300 g/mol. The fourth-order valence-corrected chi connectivity index (χ4v) is 3.58. The van der Waals surface area contributed by atoms with E-state index in [1.54, 1.807) is 0 Å². The molecule has 0 radical (unpaired) electrons. The Morgan fingerprint density at radius 2 is 1.71 bits per heavy atom. The quantitative estimate of drug-likeness (QED) is 0.870. The van der Waals surface area contributed by atoms with Gasteiger partial charge in [0.05, 0.1) is 0 Å². The molecule has 0 aromatic heterocycles. The maximum Gasteiger partial charge on any atom is 0.0408 e. The molecule has 2 aromatic carbocycles. The van der Waals surface area contributed by atoms with Crippen molar-refractivity contribution in [3.05, 3.63) is 69.7 Å². The number of benzene rings is 2. The van der Waals surface area contributed by atoms with E-state index in [2.05, 4.69) is 30.3 Å². The van der Waals surface area contributed by atoms with Gasteiger partial charge in [-0.25, -0.2) is 0 Å². The fourth-order valence-electron chi connectivity index (χ4n) is 3.39. The first-order valence-electron chi connectivity index (χ1n) is 7.85. The lowest BCUT2D eigenvalue weighted by molar-refractivity contribution is 0.677. The van der Waals surface area contributed by atoms with Crippen molar-refractivity contribution in [2.24, 2.45) is 5.73 Å². The smallest absolute Gasteiger partial charge is 0.0408 e. The molecule has 0 bridgehead atoms. The van der Waals surface area contributed by atoms with Gasteiger partial charge in [-0.1, -0.05) is 41.9 Å². The normalized spacial score (nSPS) is 15.5. The standard InChI is InChI=1S/C19H22ClN/c20-18-7-3-6-16(13-18)19(10-11-21)17-9-8-14-4-1-2-5-15(14)12-17/h3,6-9,12-13,19H,1-2,4-5,10-11,21H2. The van der Waals surface area contributed by atoms with Crippen molar-refractivity contribution in [1.82, 2.24) is 0 Å². The molecule has 0 saturated carbocycles. The molecule has 2 aromatic rings. The van der Waals surface area contributed by atoms with Gasteiger partial charge < -0.3 is 5.73 Å². The zero-order chi connectivity index (χ0) is 14.7. The van der Waals surface area contributed by atoms with Gasteiger partial charge in [0.1, 0.15) is 0 Å². The molecule has 2 heteroatoms. The predicted octanol–water partition coefficient (Wildman–Crippen LogP) is 4.70. The Kier molecular flexibility index (Phi) is 4.62. The highest BCUT2D eigenvalue weighted by Crippen LogP contribution is 2.32. The summed E-state index contributed by atoms with van der Waals surface area (Å²) in [6.45, 7) is 0.689. The van der Waals surface area contributed by atoms with Gasteiger partial charge in [0.2, 0.25) is 0 Å². The first kappa shape index (κ1) is 14.6. The minimum atomic E-state index is 0.348. The molecule has 1 atom stereocenters. The van der Waals surface area contributed by atoms with Crippen LogP contribution in [0.3, 0.4) is 0 Å². The maximum absolute atomic E-state index is 6.16. The molecule has 0 fully saturated rings. The number of halogens is 1. The number of nitrogens with two attached hydrogens (primary N) is 1. The van der Waals surface area contributed by atoms with Crippen molar-refractivity contribution < 1.29 is 0 Å². The van der Waals surface area contributed by atoms with Gasteiger partial charge >= 0.3 is 0 Å². The molecule has 1 unspecified atom stereocenters. The van der Waals surface area contributed by atoms with Crippen molar-refractivity contribution in [3.63, 3.8) is 0 Å². The van der Waals surface area contributed by atoms with E-state index >= 15 is 0 Å². The molecule has 0 saturated heterocycles.